The first-order valence-electron chi connectivity index (χ1n) is 13.1. The number of benzene rings is 1. The number of aliphatic hydroxyl groups is 1. The van der Waals surface area contributed by atoms with Crippen LogP contribution in [0, 0.1) is 11.8 Å². The molecule has 3 aliphatic heterocycles. The molecule has 1 aromatic carbocycles. The predicted octanol–water partition coefficient (Wildman–Crippen LogP) is 4.80. The Hall–Kier alpha value is -1.89. The van der Waals surface area contributed by atoms with Crippen molar-refractivity contribution in [2.75, 3.05) is 44.7 Å². The lowest BCUT2D eigenvalue weighted by Crippen LogP contribution is -2.65. The highest BCUT2D eigenvalue weighted by atomic mass is 32.1. The summed E-state index contributed by atoms with van der Waals surface area (Å²) >= 11 is 1.47. The summed E-state index contributed by atoms with van der Waals surface area (Å²) in [5.41, 5.74) is -0.230. The van der Waals surface area contributed by atoms with Crippen LogP contribution < -0.4 is 4.90 Å². The van der Waals surface area contributed by atoms with E-state index >= 15 is 0 Å². The van der Waals surface area contributed by atoms with E-state index in [0.29, 0.717) is 5.92 Å². The Balaban J connectivity index is 1.23. The molecule has 5 nitrogen and oxygen atoms in total. The number of thiophene rings is 1. The van der Waals surface area contributed by atoms with Gasteiger partial charge in [0.1, 0.15) is 6.54 Å². The molecule has 1 saturated carbocycles. The van der Waals surface area contributed by atoms with Crippen LogP contribution in [-0.4, -0.2) is 61.4 Å². The van der Waals surface area contributed by atoms with Crippen LogP contribution >= 0.6 is 11.3 Å². The zero-order valence-electron chi connectivity index (χ0n) is 20.4. The smallest absolute Gasteiger partial charge is 0.344 e. The van der Waals surface area contributed by atoms with Crippen molar-refractivity contribution in [1.29, 1.82) is 0 Å². The van der Waals surface area contributed by atoms with Gasteiger partial charge in [0.15, 0.2) is 11.7 Å². The maximum Gasteiger partial charge on any atom is 0.344 e. The summed E-state index contributed by atoms with van der Waals surface area (Å²) in [7, 11) is 2.16. The molecule has 1 N–H and O–H groups in total. The average Bonchev–Trinajstić information content (AvgIpc) is 3.60. The lowest BCUT2D eigenvalue weighted by molar-refractivity contribution is -0.946. The quantitative estimate of drug-likeness (QED) is 0.411. The summed E-state index contributed by atoms with van der Waals surface area (Å²) in [6, 6.07) is 14.4. The number of fused-ring (bicyclic) bond motifs is 3. The Morgan fingerprint density at radius 1 is 1.12 bits per heavy atom. The second-order valence-corrected chi connectivity index (χ2v) is 11.8. The van der Waals surface area contributed by atoms with Crippen LogP contribution in [0.5, 0.6) is 0 Å². The summed E-state index contributed by atoms with van der Waals surface area (Å²) in [5.74, 6) is 0.00562. The number of ether oxygens (including phenoxy) is 1. The molecule has 2 aromatic rings. The van der Waals surface area contributed by atoms with E-state index in [2.05, 4.69) is 42.3 Å². The number of carbonyl (C=O) groups excluding carboxylic acids is 1. The fraction of sp³-hybridized carbons (Fsp3) is 0.607. The van der Waals surface area contributed by atoms with Crippen molar-refractivity contribution in [3.8, 4) is 0 Å². The van der Waals surface area contributed by atoms with E-state index in [4.69, 9.17) is 4.74 Å². The van der Waals surface area contributed by atoms with E-state index in [9.17, 15) is 9.90 Å². The van der Waals surface area contributed by atoms with Gasteiger partial charge in [-0.25, -0.2) is 4.79 Å². The minimum Gasteiger partial charge on any atom is -0.454 e. The fourth-order valence-corrected chi connectivity index (χ4v) is 7.55. The lowest BCUT2D eigenvalue weighted by Gasteiger charge is -2.52. The van der Waals surface area contributed by atoms with Gasteiger partial charge in [-0.3, -0.25) is 0 Å². The molecule has 6 heteroatoms. The first kappa shape index (κ1) is 23.8. The zero-order chi connectivity index (χ0) is 23.6. The van der Waals surface area contributed by atoms with Crippen LogP contribution in [0.25, 0.3) is 0 Å². The van der Waals surface area contributed by atoms with Crippen molar-refractivity contribution < 1.29 is 19.1 Å². The number of esters is 1. The molecule has 6 rings (SSSR count). The third-order valence-electron chi connectivity index (χ3n) is 8.78. The summed E-state index contributed by atoms with van der Waals surface area (Å²) in [6.07, 6.45) is 7.23. The molecule has 3 saturated heterocycles. The summed E-state index contributed by atoms with van der Waals surface area (Å²) in [6.45, 7) is 5.42. The SMILES string of the molecule is CN(CCC[N+]12CCC(CC1)[C@@H](OC(=O)[C@](O)(c1cccs1)C1CCCC1)C2)c1ccccc1. The molecule has 184 valence electrons. The van der Waals surface area contributed by atoms with Crippen molar-refractivity contribution in [1.82, 2.24) is 0 Å². The first-order chi connectivity index (χ1) is 16.5. The number of nitrogens with zero attached hydrogens (tertiary/aromatic N) is 2. The van der Waals surface area contributed by atoms with Gasteiger partial charge in [-0.15, -0.1) is 11.3 Å². The average molecular weight is 484 g/mol. The molecule has 2 atom stereocenters. The number of anilines is 1. The van der Waals surface area contributed by atoms with Crippen molar-refractivity contribution in [3.63, 3.8) is 0 Å². The lowest BCUT2D eigenvalue weighted by atomic mass is 9.82. The van der Waals surface area contributed by atoms with Crippen molar-refractivity contribution in [3.05, 3.63) is 52.7 Å². The highest BCUT2D eigenvalue weighted by molar-refractivity contribution is 7.10. The van der Waals surface area contributed by atoms with E-state index in [1.165, 1.54) is 30.1 Å². The highest BCUT2D eigenvalue weighted by Gasteiger charge is 2.53. The topological polar surface area (TPSA) is 49.8 Å². The molecule has 4 aliphatic rings. The number of quaternary nitrogens is 1. The predicted molar refractivity (Wildman–Crippen MR) is 137 cm³/mol. The third-order valence-corrected chi connectivity index (χ3v) is 9.77. The second-order valence-electron chi connectivity index (χ2n) is 10.8. The van der Waals surface area contributed by atoms with Gasteiger partial charge >= 0.3 is 5.97 Å². The Bertz CT molecular complexity index is 936. The first-order valence-corrected chi connectivity index (χ1v) is 14.0. The van der Waals surface area contributed by atoms with Crippen LogP contribution in [-0.2, 0) is 15.1 Å². The number of para-hydroxylation sites is 1. The number of carbonyl (C=O) groups is 1. The standard InChI is InChI=1S/C28H39N2O3S/c1-29(24-11-3-2-4-12-24)16-8-17-30-18-14-22(15-19-30)25(21-30)33-27(31)28(32,23-9-5-6-10-23)26-13-7-20-34-26/h2-4,7,11-13,20,22-23,25,32H,5-6,8-10,14-19,21H2,1H3/q+1/t22?,25-,28+,30?/m0/s1. The third kappa shape index (κ3) is 4.65. The Labute approximate surface area is 207 Å². The van der Waals surface area contributed by atoms with Crippen LogP contribution in [0.4, 0.5) is 5.69 Å². The molecule has 0 spiro atoms. The van der Waals surface area contributed by atoms with Gasteiger partial charge in [0.2, 0.25) is 0 Å². The van der Waals surface area contributed by atoms with Gasteiger partial charge in [0.25, 0.3) is 0 Å². The van der Waals surface area contributed by atoms with E-state index in [1.807, 2.05) is 17.5 Å². The van der Waals surface area contributed by atoms with E-state index in [1.54, 1.807) is 0 Å². The molecule has 1 aromatic heterocycles. The summed E-state index contributed by atoms with van der Waals surface area (Å²) < 4.78 is 7.29. The van der Waals surface area contributed by atoms with E-state index in [0.717, 1.165) is 73.9 Å². The van der Waals surface area contributed by atoms with Gasteiger partial charge < -0.3 is 19.2 Å². The fourth-order valence-electron chi connectivity index (χ4n) is 6.66. The van der Waals surface area contributed by atoms with Gasteiger partial charge in [0.05, 0.1) is 19.6 Å². The molecule has 2 bridgehead atoms. The van der Waals surface area contributed by atoms with Crippen molar-refractivity contribution >= 4 is 23.0 Å². The molecule has 4 heterocycles. The number of piperidine rings is 3. The normalized spacial score (nSPS) is 28.5. The van der Waals surface area contributed by atoms with Crippen LogP contribution in [0.3, 0.4) is 0 Å². The maximum absolute atomic E-state index is 13.6. The summed E-state index contributed by atoms with van der Waals surface area (Å²) in [4.78, 5) is 16.7. The van der Waals surface area contributed by atoms with Crippen molar-refractivity contribution in [2.24, 2.45) is 11.8 Å². The Morgan fingerprint density at radius 2 is 1.85 bits per heavy atom. The number of hydrogen-bond acceptors (Lipinski definition) is 5. The molecule has 0 unspecified atom stereocenters. The molecule has 0 radical (unpaired) electrons. The largest absolute Gasteiger partial charge is 0.454 e. The van der Waals surface area contributed by atoms with Gasteiger partial charge in [-0.05, 0) is 36.4 Å². The molecule has 1 aliphatic carbocycles. The number of hydrogen-bond donors (Lipinski definition) is 1. The minimum absolute atomic E-state index is 0.0311. The maximum atomic E-state index is 13.6. The Kier molecular flexibility index (Phi) is 7.01. The summed E-state index contributed by atoms with van der Waals surface area (Å²) in [5, 5.41) is 13.7. The highest BCUT2D eigenvalue weighted by Crippen LogP contribution is 2.44. The van der Waals surface area contributed by atoms with Crippen LogP contribution in [0.1, 0.15) is 49.8 Å². The van der Waals surface area contributed by atoms with E-state index in [-0.39, 0.29) is 12.0 Å². The molecule has 0 amide bonds. The molecular formula is C28H39N2O3S+. The molecule has 34 heavy (non-hydrogen) atoms. The monoisotopic (exact) mass is 483 g/mol. The Morgan fingerprint density at radius 3 is 2.53 bits per heavy atom. The molecular weight excluding hydrogens is 444 g/mol. The van der Waals surface area contributed by atoms with Gasteiger partial charge in [-0.2, -0.15) is 0 Å². The van der Waals surface area contributed by atoms with Gasteiger partial charge in [-0.1, -0.05) is 37.1 Å². The number of rotatable bonds is 9. The van der Waals surface area contributed by atoms with Crippen LogP contribution in [0.15, 0.2) is 47.8 Å². The van der Waals surface area contributed by atoms with E-state index < -0.39 is 11.6 Å². The molecule has 4 fully saturated rings. The van der Waals surface area contributed by atoms with Crippen molar-refractivity contribution in [2.45, 2.75) is 56.7 Å². The zero-order valence-corrected chi connectivity index (χ0v) is 21.2. The van der Waals surface area contributed by atoms with Gasteiger partial charge in [0, 0.05) is 55.3 Å². The second kappa shape index (κ2) is 10.00. The minimum atomic E-state index is -1.49. The van der Waals surface area contributed by atoms with Crippen LogP contribution in [0.2, 0.25) is 0 Å².